The van der Waals surface area contributed by atoms with Crippen molar-refractivity contribution in [2.75, 3.05) is 17.8 Å². The van der Waals surface area contributed by atoms with E-state index in [-0.39, 0.29) is 31.6 Å². The lowest BCUT2D eigenvalue weighted by atomic mass is 9.84. The molecule has 5 rings (SSSR count). The number of likely N-dealkylation sites (tertiary alicyclic amines) is 1. The van der Waals surface area contributed by atoms with Crippen molar-refractivity contribution in [3.05, 3.63) is 102 Å². The summed E-state index contributed by atoms with van der Waals surface area (Å²) in [5, 5.41) is 11.7. The Bertz CT molecular complexity index is 1410. The lowest BCUT2D eigenvalue weighted by molar-refractivity contribution is -0.0212. The third-order valence-corrected chi connectivity index (χ3v) is 7.61. The number of hydrogen-bond acceptors (Lipinski definition) is 5. The topological polar surface area (TPSA) is 88.5 Å². The number of benzene rings is 3. The molecular formula is C27H23F2N3O3S. The smallest absolute Gasteiger partial charge is 0.256 e. The minimum Gasteiger partial charge on any atom is -0.588 e. The molecule has 1 atom stereocenters. The molecule has 0 radical (unpaired) electrons. The number of pyridine rings is 1. The quantitative estimate of drug-likeness (QED) is 0.380. The molecule has 0 aliphatic carbocycles. The third-order valence-electron chi connectivity index (χ3n) is 6.47. The largest absolute Gasteiger partial charge is 0.588 e. The van der Waals surface area contributed by atoms with Crippen LogP contribution in [0.2, 0.25) is 0 Å². The van der Waals surface area contributed by atoms with Crippen LogP contribution in [-0.2, 0) is 17.0 Å². The number of amides is 1. The van der Waals surface area contributed by atoms with Crippen molar-refractivity contribution in [1.82, 2.24) is 9.88 Å². The number of aliphatic hydroxyl groups is 1. The van der Waals surface area contributed by atoms with Crippen molar-refractivity contribution in [2.45, 2.75) is 23.3 Å². The van der Waals surface area contributed by atoms with Gasteiger partial charge in [-0.2, -0.15) is 0 Å². The molecule has 0 spiro atoms. The summed E-state index contributed by atoms with van der Waals surface area (Å²) in [4.78, 5) is 18.9. The predicted molar refractivity (Wildman–Crippen MR) is 134 cm³/mol. The maximum absolute atomic E-state index is 14.9. The Morgan fingerprint density at radius 2 is 1.72 bits per heavy atom. The maximum atomic E-state index is 14.9. The maximum Gasteiger partial charge on any atom is 0.256 e. The van der Waals surface area contributed by atoms with Crippen LogP contribution in [0, 0.1) is 11.6 Å². The summed E-state index contributed by atoms with van der Waals surface area (Å²) in [5.41, 5.74) is -0.567. The first-order chi connectivity index (χ1) is 17.4. The summed E-state index contributed by atoms with van der Waals surface area (Å²) in [6.07, 6.45) is 2.13. The van der Waals surface area contributed by atoms with E-state index in [1.54, 1.807) is 24.4 Å². The van der Waals surface area contributed by atoms with Crippen LogP contribution in [-0.4, -0.2) is 38.5 Å². The van der Waals surface area contributed by atoms with E-state index >= 15 is 0 Å². The normalized spacial score (nSPS) is 16.1. The molecule has 0 bridgehead atoms. The van der Waals surface area contributed by atoms with E-state index in [0.717, 1.165) is 23.1 Å². The Morgan fingerprint density at radius 3 is 2.47 bits per heavy atom. The average molecular weight is 508 g/mol. The summed E-state index contributed by atoms with van der Waals surface area (Å²) < 4.78 is 45.2. The zero-order chi connectivity index (χ0) is 25.3. The number of hydrogen-bond donors (Lipinski definition) is 2. The summed E-state index contributed by atoms with van der Waals surface area (Å²) in [6.45, 7) is 0.396. The van der Waals surface area contributed by atoms with Crippen LogP contribution in [0.3, 0.4) is 0 Å². The summed E-state index contributed by atoms with van der Waals surface area (Å²) in [6, 6.07) is 19.5. The molecule has 1 aliphatic rings. The van der Waals surface area contributed by atoms with Crippen molar-refractivity contribution in [3.63, 3.8) is 0 Å². The molecule has 1 unspecified atom stereocenters. The Balaban J connectivity index is 1.31. The number of fused-ring (bicyclic) bond motifs is 1. The molecule has 1 fully saturated rings. The molecule has 9 heteroatoms. The first kappa shape index (κ1) is 24.2. The van der Waals surface area contributed by atoms with Crippen molar-refractivity contribution < 1.29 is 23.2 Å². The van der Waals surface area contributed by atoms with Crippen LogP contribution in [0.25, 0.3) is 10.9 Å². The molecule has 184 valence electrons. The van der Waals surface area contributed by atoms with Crippen molar-refractivity contribution in [3.8, 4) is 0 Å². The van der Waals surface area contributed by atoms with Gasteiger partial charge >= 0.3 is 0 Å². The van der Waals surface area contributed by atoms with Gasteiger partial charge in [-0.1, -0.05) is 48.5 Å². The molecule has 0 saturated carbocycles. The van der Waals surface area contributed by atoms with Crippen LogP contribution >= 0.6 is 0 Å². The minimum absolute atomic E-state index is 0.198. The highest BCUT2D eigenvalue weighted by Gasteiger charge is 2.36. The van der Waals surface area contributed by atoms with E-state index in [2.05, 4.69) is 9.71 Å². The predicted octanol–water partition coefficient (Wildman–Crippen LogP) is 4.77. The van der Waals surface area contributed by atoms with Crippen molar-refractivity contribution >= 4 is 33.9 Å². The van der Waals surface area contributed by atoms with Gasteiger partial charge in [0.1, 0.15) is 28.4 Å². The van der Waals surface area contributed by atoms with E-state index in [0.29, 0.717) is 10.4 Å². The number of halogens is 2. The highest BCUT2D eigenvalue weighted by atomic mass is 32.2. The third kappa shape index (κ3) is 4.65. The molecule has 36 heavy (non-hydrogen) atoms. The van der Waals surface area contributed by atoms with E-state index in [1.807, 2.05) is 42.5 Å². The average Bonchev–Trinajstić information content (AvgIpc) is 2.90. The second-order valence-electron chi connectivity index (χ2n) is 8.70. The number of carbonyl (C=O) groups excluding carboxylic acids is 1. The summed E-state index contributed by atoms with van der Waals surface area (Å²) in [7, 11) is 0. The van der Waals surface area contributed by atoms with Crippen molar-refractivity contribution in [2.24, 2.45) is 0 Å². The van der Waals surface area contributed by atoms with E-state index in [4.69, 9.17) is 0 Å². The van der Waals surface area contributed by atoms with Gasteiger partial charge in [-0.15, -0.1) is 0 Å². The van der Waals surface area contributed by atoms with Crippen molar-refractivity contribution in [1.29, 1.82) is 0 Å². The molecule has 3 aromatic carbocycles. The minimum atomic E-state index is -1.92. The number of aromatic nitrogens is 1. The molecule has 1 amide bonds. The van der Waals surface area contributed by atoms with E-state index in [9.17, 15) is 23.2 Å². The highest BCUT2D eigenvalue weighted by molar-refractivity contribution is 7.93. The van der Waals surface area contributed by atoms with E-state index in [1.165, 1.54) is 4.90 Å². The monoisotopic (exact) mass is 507 g/mol. The van der Waals surface area contributed by atoms with Gasteiger partial charge in [0, 0.05) is 30.7 Å². The van der Waals surface area contributed by atoms with Crippen LogP contribution in [0.4, 0.5) is 14.5 Å². The van der Waals surface area contributed by atoms with Gasteiger partial charge in [-0.3, -0.25) is 9.78 Å². The molecule has 6 nitrogen and oxygen atoms in total. The number of nitrogens with zero attached hydrogens (tertiary/aromatic N) is 2. The Hall–Kier alpha value is -3.53. The first-order valence-electron chi connectivity index (χ1n) is 11.4. The second-order valence-corrected chi connectivity index (χ2v) is 9.89. The number of para-hydroxylation sites is 1. The molecule has 4 aromatic rings. The Morgan fingerprint density at radius 1 is 1.00 bits per heavy atom. The molecular weight excluding hydrogens is 484 g/mol. The molecule has 1 aromatic heterocycles. The van der Waals surface area contributed by atoms with E-state index < -0.39 is 40.1 Å². The number of rotatable bonds is 5. The van der Waals surface area contributed by atoms with Gasteiger partial charge in [-0.25, -0.2) is 13.5 Å². The molecule has 2 N–H and O–H groups in total. The number of piperidine rings is 1. The number of nitrogens with one attached hydrogen (secondary N) is 1. The fraction of sp³-hybridized carbons (Fsp3) is 0.185. The fourth-order valence-corrected chi connectivity index (χ4v) is 5.47. The first-order valence-corrected chi connectivity index (χ1v) is 12.6. The lowest BCUT2D eigenvalue weighted by Gasteiger charge is -2.38. The fourth-order valence-electron chi connectivity index (χ4n) is 4.46. The lowest BCUT2D eigenvalue weighted by Crippen LogP contribution is -2.45. The van der Waals surface area contributed by atoms with Crippen LogP contribution in [0.1, 0.15) is 28.8 Å². The van der Waals surface area contributed by atoms with Crippen LogP contribution < -0.4 is 4.72 Å². The SMILES string of the molecule is O=C(c1cc(F)c(N[S+]([O-])c2cccc3cccnc23)cc1F)N1CCC(O)(c2ccccc2)CC1. The van der Waals surface area contributed by atoms with Gasteiger partial charge < -0.3 is 14.6 Å². The zero-order valence-electron chi connectivity index (χ0n) is 19.2. The molecule has 1 aliphatic heterocycles. The van der Waals surface area contributed by atoms with Gasteiger partial charge in [0.2, 0.25) is 4.90 Å². The van der Waals surface area contributed by atoms with Gasteiger partial charge in [0.25, 0.3) is 5.91 Å². The standard InChI is InChI=1S/C27H23F2N3O3S/c28-21-17-23(31-36(35)24-10-4-6-18-7-5-13-30-25(18)24)22(29)16-20(21)26(33)32-14-11-27(34,12-15-32)19-8-2-1-3-9-19/h1-10,13,16-17,31,34H,11-12,14-15H2. The molecule has 1 saturated heterocycles. The second kappa shape index (κ2) is 9.85. The van der Waals surface area contributed by atoms with Crippen LogP contribution in [0.5, 0.6) is 0 Å². The Labute approximate surface area is 209 Å². The number of anilines is 1. The molecule has 2 heterocycles. The summed E-state index contributed by atoms with van der Waals surface area (Å²) >= 11 is -1.92. The van der Waals surface area contributed by atoms with Gasteiger partial charge in [0.05, 0.1) is 11.2 Å². The van der Waals surface area contributed by atoms with Gasteiger partial charge in [-0.05, 0) is 36.6 Å². The van der Waals surface area contributed by atoms with Crippen LogP contribution in [0.15, 0.2) is 83.9 Å². The Kier molecular flexibility index (Phi) is 6.61. The van der Waals surface area contributed by atoms with Gasteiger partial charge in [0.15, 0.2) is 5.82 Å². The highest BCUT2D eigenvalue weighted by Crippen LogP contribution is 2.34. The zero-order valence-corrected chi connectivity index (χ0v) is 20.0. The number of carbonyl (C=O) groups is 1. The summed E-state index contributed by atoms with van der Waals surface area (Å²) in [5.74, 6) is -2.49.